The van der Waals surface area contributed by atoms with Crippen LogP contribution in [0.3, 0.4) is 0 Å². The van der Waals surface area contributed by atoms with E-state index >= 15 is 0 Å². The van der Waals surface area contributed by atoms with Crippen molar-refractivity contribution in [2.45, 2.75) is 38.7 Å². The molecular weight excluding hydrogens is 254 g/mol. The Labute approximate surface area is 120 Å². The average Bonchev–Trinajstić information content (AvgIpc) is 2.45. The summed E-state index contributed by atoms with van der Waals surface area (Å²) in [4.78, 5) is 11.3. The normalized spacial score (nSPS) is 14.2. The Morgan fingerprint density at radius 2 is 1.75 bits per heavy atom. The molecule has 0 fully saturated rings. The molecule has 112 valence electrons. The smallest absolute Gasteiger partial charge is 0.312 e. The first-order chi connectivity index (χ1) is 9.60. The molecule has 1 rings (SSSR count). The Bertz CT molecular complexity index is 390. The van der Waals surface area contributed by atoms with Crippen molar-refractivity contribution in [3.8, 4) is 0 Å². The summed E-state index contributed by atoms with van der Waals surface area (Å²) in [5, 5.41) is 22.4. The molecule has 0 aliphatic rings. The largest absolute Gasteiger partial charge is 0.481 e. The molecule has 0 aliphatic carbocycles. The quantitative estimate of drug-likeness (QED) is 0.648. The van der Waals surface area contributed by atoms with Gasteiger partial charge in [0.15, 0.2) is 0 Å². The molecule has 0 radical (unpaired) electrons. The van der Waals surface area contributed by atoms with E-state index in [0.717, 1.165) is 18.4 Å². The van der Waals surface area contributed by atoms with Crippen LogP contribution >= 0.6 is 0 Å². The lowest BCUT2D eigenvalue weighted by Crippen LogP contribution is -2.36. The number of carboxylic acids is 1. The molecule has 0 aromatic heterocycles. The van der Waals surface area contributed by atoms with Gasteiger partial charge in [-0.05, 0) is 11.5 Å². The monoisotopic (exact) mass is 279 g/mol. The number of aliphatic hydroxyl groups excluding tert-OH is 1. The van der Waals surface area contributed by atoms with Gasteiger partial charge < -0.3 is 15.5 Å². The summed E-state index contributed by atoms with van der Waals surface area (Å²) in [5.41, 5.74) is 0.782. The van der Waals surface area contributed by atoms with E-state index in [1.165, 1.54) is 0 Å². The number of aliphatic carboxylic acids is 1. The topological polar surface area (TPSA) is 69.6 Å². The number of benzene rings is 1. The minimum Gasteiger partial charge on any atom is -0.481 e. The van der Waals surface area contributed by atoms with Crippen molar-refractivity contribution in [3.63, 3.8) is 0 Å². The SMILES string of the molecule is CCC(CC)C(O)CNCC(C(=O)O)c1ccccc1. The molecule has 1 aromatic carbocycles. The van der Waals surface area contributed by atoms with Crippen LogP contribution in [0, 0.1) is 5.92 Å². The fourth-order valence-corrected chi connectivity index (χ4v) is 2.41. The molecule has 0 aliphatic heterocycles. The van der Waals surface area contributed by atoms with E-state index in [1.807, 2.05) is 30.3 Å². The summed E-state index contributed by atoms with van der Waals surface area (Å²) < 4.78 is 0. The molecule has 4 nitrogen and oxygen atoms in total. The van der Waals surface area contributed by atoms with E-state index in [9.17, 15) is 15.0 Å². The second-order valence-corrected chi connectivity index (χ2v) is 5.10. The second-order valence-electron chi connectivity index (χ2n) is 5.10. The summed E-state index contributed by atoms with van der Waals surface area (Å²) in [7, 11) is 0. The summed E-state index contributed by atoms with van der Waals surface area (Å²) in [6.45, 7) is 4.88. The molecule has 0 spiro atoms. The molecule has 4 heteroatoms. The highest BCUT2D eigenvalue weighted by molar-refractivity contribution is 5.76. The highest BCUT2D eigenvalue weighted by Crippen LogP contribution is 2.16. The zero-order valence-corrected chi connectivity index (χ0v) is 12.2. The van der Waals surface area contributed by atoms with Gasteiger partial charge in [-0.3, -0.25) is 4.79 Å². The Morgan fingerprint density at radius 3 is 2.25 bits per heavy atom. The van der Waals surface area contributed by atoms with Gasteiger partial charge in [0, 0.05) is 13.1 Å². The fraction of sp³-hybridized carbons (Fsp3) is 0.562. The maximum absolute atomic E-state index is 11.3. The van der Waals surface area contributed by atoms with Gasteiger partial charge in [-0.1, -0.05) is 57.0 Å². The highest BCUT2D eigenvalue weighted by atomic mass is 16.4. The molecule has 0 saturated carbocycles. The third kappa shape index (κ3) is 4.94. The Hall–Kier alpha value is -1.39. The van der Waals surface area contributed by atoms with Crippen LogP contribution in [-0.4, -0.2) is 35.4 Å². The van der Waals surface area contributed by atoms with E-state index in [1.54, 1.807) is 0 Å². The molecule has 0 amide bonds. The van der Waals surface area contributed by atoms with Crippen LogP contribution in [0.25, 0.3) is 0 Å². The van der Waals surface area contributed by atoms with Crippen molar-refractivity contribution in [3.05, 3.63) is 35.9 Å². The van der Waals surface area contributed by atoms with Crippen molar-refractivity contribution in [1.29, 1.82) is 0 Å². The Kier molecular flexibility index (Phi) is 7.26. The van der Waals surface area contributed by atoms with Crippen molar-refractivity contribution >= 4 is 5.97 Å². The molecule has 1 aromatic rings. The lowest BCUT2D eigenvalue weighted by atomic mass is 9.96. The number of rotatable bonds is 9. The van der Waals surface area contributed by atoms with E-state index in [-0.39, 0.29) is 5.92 Å². The van der Waals surface area contributed by atoms with Crippen molar-refractivity contribution in [2.75, 3.05) is 13.1 Å². The maximum atomic E-state index is 11.3. The predicted octanol–water partition coefficient (Wildman–Crippen LogP) is 2.24. The lowest BCUT2D eigenvalue weighted by Gasteiger charge is -2.21. The highest BCUT2D eigenvalue weighted by Gasteiger charge is 2.20. The van der Waals surface area contributed by atoms with Gasteiger partial charge in [0.1, 0.15) is 0 Å². The van der Waals surface area contributed by atoms with Gasteiger partial charge in [0.25, 0.3) is 0 Å². The number of nitrogens with one attached hydrogen (secondary N) is 1. The van der Waals surface area contributed by atoms with E-state index in [2.05, 4.69) is 19.2 Å². The number of hydrogen-bond donors (Lipinski definition) is 3. The summed E-state index contributed by atoms with van der Waals surface area (Å²) in [6.07, 6.45) is 1.44. The minimum absolute atomic E-state index is 0.266. The first-order valence-electron chi connectivity index (χ1n) is 7.26. The van der Waals surface area contributed by atoms with Gasteiger partial charge in [0.2, 0.25) is 0 Å². The first-order valence-corrected chi connectivity index (χ1v) is 7.26. The van der Waals surface area contributed by atoms with Crippen LogP contribution in [0.2, 0.25) is 0 Å². The molecule has 3 N–H and O–H groups in total. The van der Waals surface area contributed by atoms with Gasteiger partial charge in [-0.25, -0.2) is 0 Å². The molecule has 2 unspecified atom stereocenters. The van der Waals surface area contributed by atoms with E-state index < -0.39 is 18.0 Å². The third-order valence-electron chi connectivity index (χ3n) is 3.79. The van der Waals surface area contributed by atoms with E-state index in [0.29, 0.717) is 13.1 Å². The van der Waals surface area contributed by atoms with E-state index in [4.69, 9.17) is 0 Å². The van der Waals surface area contributed by atoms with Crippen molar-refractivity contribution < 1.29 is 15.0 Å². The number of carbonyl (C=O) groups is 1. The second kappa shape index (κ2) is 8.72. The Balaban J connectivity index is 2.51. The zero-order valence-electron chi connectivity index (χ0n) is 12.2. The van der Waals surface area contributed by atoms with Gasteiger partial charge >= 0.3 is 5.97 Å². The predicted molar refractivity (Wildman–Crippen MR) is 79.8 cm³/mol. The maximum Gasteiger partial charge on any atom is 0.312 e. The standard InChI is InChI=1S/C16H25NO3/c1-3-12(4-2)15(18)11-17-10-14(16(19)20)13-8-6-5-7-9-13/h5-9,12,14-15,17-18H,3-4,10-11H2,1-2H3,(H,19,20). The molecule has 0 bridgehead atoms. The molecule has 0 heterocycles. The zero-order chi connectivity index (χ0) is 15.0. The van der Waals surface area contributed by atoms with Crippen LogP contribution in [-0.2, 0) is 4.79 Å². The number of aliphatic hydroxyl groups is 1. The minimum atomic E-state index is -0.847. The molecule has 0 saturated heterocycles. The number of carboxylic acid groups (broad SMARTS) is 1. The van der Waals surface area contributed by atoms with Gasteiger partial charge in [-0.2, -0.15) is 0 Å². The molecular formula is C16H25NO3. The lowest BCUT2D eigenvalue weighted by molar-refractivity contribution is -0.138. The van der Waals surface area contributed by atoms with Gasteiger partial charge in [-0.15, -0.1) is 0 Å². The van der Waals surface area contributed by atoms with Crippen LogP contribution < -0.4 is 5.32 Å². The molecule has 20 heavy (non-hydrogen) atoms. The van der Waals surface area contributed by atoms with Crippen molar-refractivity contribution in [2.24, 2.45) is 5.92 Å². The van der Waals surface area contributed by atoms with Crippen LogP contribution in [0.4, 0.5) is 0 Å². The van der Waals surface area contributed by atoms with Crippen LogP contribution in [0.1, 0.15) is 38.2 Å². The molecule has 2 atom stereocenters. The summed E-state index contributed by atoms with van der Waals surface area (Å²) >= 11 is 0. The van der Waals surface area contributed by atoms with Crippen LogP contribution in [0.5, 0.6) is 0 Å². The summed E-state index contributed by atoms with van der Waals surface area (Å²) in [5.74, 6) is -1.16. The average molecular weight is 279 g/mol. The Morgan fingerprint density at radius 1 is 1.15 bits per heavy atom. The third-order valence-corrected chi connectivity index (χ3v) is 3.79. The van der Waals surface area contributed by atoms with Crippen molar-refractivity contribution in [1.82, 2.24) is 5.32 Å². The van der Waals surface area contributed by atoms with Gasteiger partial charge in [0.05, 0.1) is 12.0 Å². The fourth-order valence-electron chi connectivity index (χ4n) is 2.41. The van der Waals surface area contributed by atoms with Crippen LogP contribution in [0.15, 0.2) is 30.3 Å². The summed E-state index contributed by atoms with van der Waals surface area (Å²) in [6, 6.07) is 9.18. The number of hydrogen-bond acceptors (Lipinski definition) is 3. The first kappa shape index (κ1) is 16.7.